The topological polar surface area (TPSA) is 244 Å². The summed E-state index contributed by atoms with van der Waals surface area (Å²) in [5.41, 5.74) is -5.94. The zero-order valence-electron chi connectivity index (χ0n) is 16.9. The second-order valence-electron chi connectivity index (χ2n) is 6.77. The molecule has 6 N–H and O–H groups in total. The van der Waals surface area contributed by atoms with E-state index < -0.39 is 77.2 Å². The van der Waals surface area contributed by atoms with Crippen LogP contribution in [-0.4, -0.2) is 58.7 Å². The first-order valence-corrected chi connectivity index (χ1v) is 13.7. The van der Waals surface area contributed by atoms with E-state index in [1.165, 1.54) is 4.98 Å². The summed E-state index contributed by atoms with van der Waals surface area (Å²) in [7, 11) is -17.3. The highest BCUT2D eigenvalue weighted by molar-refractivity contribution is 7.66. The highest BCUT2D eigenvalue weighted by Crippen LogP contribution is 2.67. The molecule has 35 heavy (non-hydrogen) atoms. The predicted octanol–water partition coefficient (Wildman–Crippen LogP) is -0.179. The second kappa shape index (κ2) is 10.6. The van der Waals surface area contributed by atoms with Gasteiger partial charge in [-0.1, -0.05) is 0 Å². The molecule has 22 heteroatoms. The molecule has 1 aliphatic heterocycles. The van der Waals surface area contributed by atoms with Crippen LogP contribution in [-0.2, 0) is 31.6 Å². The van der Waals surface area contributed by atoms with E-state index in [4.69, 9.17) is 26.1 Å². The number of H-pyrrole nitrogens is 1. The highest BCUT2D eigenvalue weighted by atomic mass is 35.5. The molecule has 0 aromatic carbocycles. The molecule has 0 amide bonds. The summed E-state index contributed by atoms with van der Waals surface area (Å²) in [6, 6.07) is 0. The van der Waals surface area contributed by atoms with E-state index in [0.29, 0.717) is 0 Å². The molecule has 1 fully saturated rings. The monoisotopic (exact) mass is 590 g/mol. The van der Waals surface area contributed by atoms with Gasteiger partial charge in [-0.3, -0.25) is 18.9 Å². The van der Waals surface area contributed by atoms with E-state index in [2.05, 4.69) is 13.1 Å². The molecule has 2 rings (SSSR count). The molecule has 1 saturated heterocycles. The van der Waals surface area contributed by atoms with E-state index in [1.807, 2.05) is 5.92 Å². The molecular formula is C13H16ClF2N2O14P3. The molecule has 0 spiro atoms. The first kappa shape index (κ1) is 29.9. The molecule has 198 valence electrons. The Morgan fingerprint density at radius 3 is 2.37 bits per heavy atom. The fourth-order valence-electron chi connectivity index (χ4n) is 3.14. The van der Waals surface area contributed by atoms with Crippen molar-refractivity contribution < 1.29 is 65.0 Å². The molecular weight excluding hydrogens is 575 g/mol. The maximum absolute atomic E-state index is 15.9. The van der Waals surface area contributed by atoms with Crippen molar-refractivity contribution in [2.45, 2.75) is 31.0 Å². The van der Waals surface area contributed by atoms with Crippen LogP contribution in [0.1, 0.15) is 13.2 Å². The van der Waals surface area contributed by atoms with Gasteiger partial charge in [-0.15, -0.1) is 0 Å². The Morgan fingerprint density at radius 2 is 1.86 bits per heavy atom. The van der Waals surface area contributed by atoms with Crippen molar-refractivity contribution in [3.05, 3.63) is 32.9 Å². The zero-order chi connectivity index (χ0) is 27.0. The standard InChI is InChI=1S/C13H16ClF2N2O14P3/c1-6(30-34(25,26)32-35(27,28)31-33(22,23)24)9-7(5-19)13(16,2-3-14)11(29-9)18-4-8(15)10(20)17-12(18)21/h4,6-7,9,11,19H,5H2,1H3,(H,25,26)(H,27,28)(H,17,20,21)(H2,22,23,24)/t6-,7?,9+,11+,13?/m0/s1. The Morgan fingerprint density at radius 1 is 1.26 bits per heavy atom. The van der Waals surface area contributed by atoms with Crippen molar-refractivity contribution in [2.75, 3.05) is 6.61 Å². The van der Waals surface area contributed by atoms with Crippen LogP contribution in [0.4, 0.5) is 8.78 Å². The maximum Gasteiger partial charge on any atom is 0.490 e. The number of nitrogens with one attached hydrogen (secondary N) is 1. The zero-order valence-corrected chi connectivity index (χ0v) is 20.4. The molecule has 0 bridgehead atoms. The van der Waals surface area contributed by atoms with Gasteiger partial charge < -0.3 is 29.4 Å². The molecule has 1 aromatic heterocycles. The third-order valence-electron chi connectivity index (χ3n) is 4.37. The van der Waals surface area contributed by atoms with Gasteiger partial charge in [0, 0.05) is 5.38 Å². The summed E-state index contributed by atoms with van der Waals surface area (Å²) in [6.45, 7) is -0.243. The Kier molecular flexibility index (Phi) is 9.07. The minimum atomic E-state index is -5.88. The predicted molar refractivity (Wildman–Crippen MR) is 108 cm³/mol. The molecule has 0 radical (unpaired) electrons. The van der Waals surface area contributed by atoms with Gasteiger partial charge in [0.15, 0.2) is 6.23 Å². The summed E-state index contributed by atoms with van der Waals surface area (Å²) < 4.78 is 81.1. The molecule has 0 aliphatic carbocycles. The number of hydrogen-bond donors (Lipinski definition) is 6. The lowest BCUT2D eigenvalue weighted by Gasteiger charge is -2.27. The smallest absolute Gasteiger partial charge is 0.396 e. The average molecular weight is 591 g/mol. The van der Waals surface area contributed by atoms with Crippen LogP contribution in [0, 0.1) is 23.0 Å². The molecule has 7 atom stereocenters. The molecule has 1 aliphatic rings. The van der Waals surface area contributed by atoms with Crippen molar-refractivity contribution in [2.24, 2.45) is 5.92 Å². The van der Waals surface area contributed by atoms with Crippen LogP contribution in [0.15, 0.2) is 15.8 Å². The fraction of sp³-hybridized carbons (Fsp3) is 0.538. The van der Waals surface area contributed by atoms with Gasteiger partial charge in [-0.05, 0) is 24.4 Å². The number of aliphatic hydroxyl groups is 1. The first-order chi connectivity index (χ1) is 15.9. The number of alkyl halides is 1. The number of aliphatic hydroxyl groups excluding tert-OH is 1. The van der Waals surface area contributed by atoms with Crippen molar-refractivity contribution in [1.29, 1.82) is 0 Å². The SMILES string of the molecule is C[C@H](OP(=O)(O)OP(=O)(O)OP(=O)(O)O)[C@H]1O[C@@H](n2cc(F)c(=O)[nH]c2=O)C(F)(C#CCl)C1CO. The Balaban J connectivity index is 2.42. The minimum Gasteiger partial charge on any atom is -0.396 e. The average Bonchev–Trinajstić information content (AvgIpc) is 2.93. The number of aromatic nitrogens is 2. The van der Waals surface area contributed by atoms with Crippen LogP contribution in [0.25, 0.3) is 0 Å². The van der Waals surface area contributed by atoms with Crippen molar-refractivity contribution in [3.63, 3.8) is 0 Å². The van der Waals surface area contributed by atoms with E-state index in [-0.39, 0.29) is 10.8 Å². The number of ether oxygens (including phenoxy) is 1. The summed E-state index contributed by atoms with van der Waals surface area (Å²) >= 11 is 5.27. The van der Waals surface area contributed by atoms with Crippen LogP contribution in [0.3, 0.4) is 0 Å². The van der Waals surface area contributed by atoms with E-state index in [9.17, 15) is 42.6 Å². The lowest BCUT2D eigenvalue weighted by atomic mass is 9.85. The highest BCUT2D eigenvalue weighted by Gasteiger charge is 2.60. The van der Waals surface area contributed by atoms with Crippen molar-refractivity contribution >= 4 is 35.1 Å². The van der Waals surface area contributed by atoms with E-state index in [0.717, 1.165) is 6.92 Å². The number of hydrogen-bond acceptors (Lipinski definition) is 10. The number of halogens is 3. The van der Waals surface area contributed by atoms with Gasteiger partial charge >= 0.3 is 29.2 Å². The summed E-state index contributed by atoms with van der Waals surface area (Å²) in [5.74, 6) is -1.56. The van der Waals surface area contributed by atoms with Gasteiger partial charge in [0.25, 0.3) is 5.56 Å². The van der Waals surface area contributed by atoms with Crippen LogP contribution in [0.5, 0.6) is 0 Å². The molecule has 0 saturated carbocycles. The third-order valence-corrected chi connectivity index (χ3v) is 8.39. The lowest BCUT2D eigenvalue weighted by Crippen LogP contribution is -2.44. The number of phosphoric acid groups is 3. The van der Waals surface area contributed by atoms with Crippen molar-refractivity contribution in [3.8, 4) is 11.3 Å². The summed E-state index contributed by atoms with van der Waals surface area (Å²) in [4.78, 5) is 61.0. The molecule has 4 unspecified atom stereocenters. The second-order valence-corrected chi connectivity index (χ2v) is 11.3. The number of rotatable bonds is 9. The largest absolute Gasteiger partial charge is 0.490 e. The van der Waals surface area contributed by atoms with E-state index in [1.54, 1.807) is 5.38 Å². The summed E-state index contributed by atoms with van der Waals surface area (Å²) in [6.07, 6.45) is -5.65. The van der Waals surface area contributed by atoms with Crippen molar-refractivity contribution in [1.82, 2.24) is 9.55 Å². The lowest BCUT2D eigenvalue weighted by molar-refractivity contribution is -0.0747. The molecule has 2 heterocycles. The minimum absolute atomic E-state index is 0.220. The Hall–Kier alpha value is -1.28. The molecule has 16 nitrogen and oxygen atoms in total. The Labute approximate surface area is 197 Å². The number of nitrogens with zero attached hydrogens (tertiary/aromatic N) is 1. The normalized spacial score (nSPS) is 29.0. The quantitative estimate of drug-likeness (QED) is 0.161. The van der Waals surface area contributed by atoms with Gasteiger partial charge in [-0.2, -0.15) is 13.0 Å². The Bertz CT molecular complexity index is 1290. The fourth-order valence-corrected chi connectivity index (χ4v) is 6.48. The number of aromatic amines is 1. The first-order valence-electron chi connectivity index (χ1n) is 8.77. The van der Waals surface area contributed by atoms with Gasteiger partial charge in [0.2, 0.25) is 11.5 Å². The van der Waals surface area contributed by atoms with Gasteiger partial charge in [0.1, 0.15) is 0 Å². The third kappa shape index (κ3) is 7.15. The van der Waals surface area contributed by atoms with Crippen LogP contribution >= 0.6 is 35.1 Å². The maximum atomic E-state index is 15.9. The van der Waals surface area contributed by atoms with Gasteiger partial charge in [-0.25, -0.2) is 22.9 Å². The molecule has 1 aromatic rings. The van der Waals surface area contributed by atoms with Crippen LogP contribution < -0.4 is 11.2 Å². The summed E-state index contributed by atoms with van der Waals surface area (Å²) in [5, 5.41) is 11.4. The van der Waals surface area contributed by atoms with E-state index >= 15 is 4.39 Å². The van der Waals surface area contributed by atoms with Gasteiger partial charge in [0.05, 0.1) is 30.9 Å². The van der Waals surface area contributed by atoms with Crippen LogP contribution in [0.2, 0.25) is 0 Å². The number of phosphoric ester groups is 1.